The third kappa shape index (κ3) is 5.82. The molecule has 0 bridgehead atoms. The molecule has 5 aromatic rings. The fourth-order valence-corrected chi connectivity index (χ4v) is 4.89. The molecule has 1 unspecified atom stereocenters. The molecule has 44 heavy (non-hydrogen) atoms. The minimum absolute atomic E-state index is 0.148. The predicted molar refractivity (Wildman–Crippen MR) is 157 cm³/mol. The van der Waals surface area contributed by atoms with E-state index in [0.717, 1.165) is 24.1 Å². The minimum Gasteiger partial charge on any atom is -0.447 e. The molecule has 1 aliphatic heterocycles. The Kier molecular flexibility index (Phi) is 7.71. The van der Waals surface area contributed by atoms with Crippen LogP contribution in [0.1, 0.15) is 83.7 Å². The zero-order valence-electron chi connectivity index (χ0n) is 24.3. The normalized spacial score (nSPS) is 15.1. The molecule has 224 valence electrons. The lowest BCUT2D eigenvalue weighted by molar-refractivity contribution is -0.182. The van der Waals surface area contributed by atoms with Crippen LogP contribution in [0.2, 0.25) is 0 Å². The summed E-state index contributed by atoms with van der Waals surface area (Å²) in [5.74, 6) is 0.678. The third-order valence-corrected chi connectivity index (χ3v) is 7.23. The van der Waals surface area contributed by atoms with Crippen molar-refractivity contribution in [1.82, 2.24) is 19.7 Å². The smallest absolute Gasteiger partial charge is 0.373 e. The summed E-state index contributed by atoms with van der Waals surface area (Å²) < 4.78 is 19.0. The van der Waals surface area contributed by atoms with Crippen LogP contribution in [0.4, 0.5) is 0 Å². The minimum atomic E-state index is -1.01. The predicted octanol–water partition coefficient (Wildman–Crippen LogP) is 6.66. The second-order valence-corrected chi connectivity index (χ2v) is 11.4. The van der Waals surface area contributed by atoms with Gasteiger partial charge in [-0.1, -0.05) is 74.5 Å². The van der Waals surface area contributed by atoms with E-state index >= 15 is 0 Å². The number of carbonyl (C=O) groups is 2. The zero-order chi connectivity index (χ0) is 30.8. The number of ether oxygens (including phenoxy) is 2. The summed E-state index contributed by atoms with van der Waals surface area (Å²) in [6.45, 7) is 5.99. The summed E-state index contributed by atoms with van der Waals surface area (Å²) in [5, 5.41) is 12.4. The molecular weight excluding hydrogens is 564 g/mol. The number of para-hydroxylation sites is 2. The van der Waals surface area contributed by atoms with E-state index in [9.17, 15) is 9.59 Å². The molecule has 3 aromatic carbocycles. The van der Waals surface area contributed by atoms with Gasteiger partial charge in [0, 0.05) is 5.92 Å². The van der Waals surface area contributed by atoms with Crippen LogP contribution in [-0.4, -0.2) is 36.9 Å². The number of imidazole rings is 1. The lowest BCUT2D eigenvalue weighted by Gasteiger charge is -2.27. The SMILES string of the molecule is CC(C)(C)c1ccccc1C(=O)OO.O=C(OC1Oc2ccccc2-n2cnc(-c3noc(C4CC4)n3)c21)c1ccccc1. The van der Waals surface area contributed by atoms with E-state index < -0.39 is 18.2 Å². The molecular formula is C33H30N4O7. The van der Waals surface area contributed by atoms with Gasteiger partial charge < -0.3 is 14.0 Å². The summed E-state index contributed by atoms with van der Waals surface area (Å²) >= 11 is 0. The first-order valence-corrected chi connectivity index (χ1v) is 14.1. The van der Waals surface area contributed by atoms with Gasteiger partial charge in [0.15, 0.2) is 0 Å². The van der Waals surface area contributed by atoms with E-state index in [-0.39, 0.29) is 5.41 Å². The van der Waals surface area contributed by atoms with Gasteiger partial charge in [-0.3, -0.25) is 9.45 Å². The first-order valence-electron chi connectivity index (χ1n) is 14.1. The maximum atomic E-state index is 12.7. The number of hydrogen-bond acceptors (Lipinski definition) is 10. The van der Waals surface area contributed by atoms with Crippen molar-refractivity contribution in [3.05, 3.63) is 113 Å². The van der Waals surface area contributed by atoms with Crippen molar-refractivity contribution in [2.24, 2.45) is 0 Å². The molecule has 0 spiro atoms. The number of esters is 1. The molecule has 3 heterocycles. The van der Waals surface area contributed by atoms with E-state index in [1.807, 2.05) is 67.8 Å². The molecule has 0 amide bonds. The molecule has 0 saturated heterocycles. The summed E-state index contributed by atoms with van der Waals surface area (Å²) in [7, 11) is 0. The number of nitrogens with zero attached hydrogens (tertiary/aromatic N) is 4. The summed E-state index contributed by atoms with van der Waals surface area (Å²) in [4.78, 5) is 36.7. The van der Waals surface area contributed by atoms with Gasteiger partial charge in [0.25, 0.3) is 6.29 Å². The Morgan fingerprint density at radius 1 is 0.932 bits per heavy atom. The van der Waals surface area contributed by atoms with Crippen molar-refractivity contribution in [1.29, 1.82) is 0 Å². The molecule has 1 aliphatic carbocycles. The van der Waals surface area contributed by atoms with Crippen molar-refractivity contribution >= 4 is 11.9 Å². The number of carbonyl (C=O) groups excluding carboxylic acids is 2. The van der Waals surface area contributed by atoms with Crippen LogP contribution in [0.5, 0.6) is 5.75 Å². The first kappa shape index (κ1) is 28.8. The Balaban J connectivity index is 0.000000208. The molecule has 0 radical (unpaired) electrons. The highest BCUT2D eigenvalue weighted by molar-refractivity contribution is 5.91. The topological polar surface area (TPSA) is 139 Å². The van der Waals surface area contributed by atoms with Crippen LogP contribution in [0, 0.1) is 0 Å². The van der Waals surface area contributed by atoms with Gasteiger partial charge in [-0.2, -0.15) is 10.2 Å². The Labute approximate surface area is 253 Å². The van der Waals surface area contributed by atoms with Crippen LogP contribution in [0.15, 0.2) is 89.7 Å². The van der Waals surface area contributed by atoms with E-state index in [1.54, 1.807) is 42.7 Å². The number of hydrogen-bond donors (Lipinski definition) is 1. The quantitative estimate of drug-likeness (QED) is 0.133. The average Bonchev–Trinajstić information content (AvgIpc) is 3.59. The van der Waals surface area contributed by atoms with Crippen LogP contribution in [0.25, 0.3) is 17.2 Å². The largest absolute Gasteiger partial charge is 0.447 e. The van der Waals surface area contributed by atoms with Gasteiger partial charge in [0.1, 0.15) is 23.5 Å². The van der Waals surface area contributed by atoms with Gasteiger partial charge in [-0.25, -0.2) is 14.6 Å². The molecule has 1 atom stereocenters. The summed E-state index contributed by atoms with van der Waals surface area (Å²) in [5.41, 5.74) is 3.35. The van der Waals surface area contributed by atoms with E-state index in [0.29, 0.717) is 45.9 Å². The highest BCUT2D eigenvalue weighted by Crippen LogP contribution is 2.42. The molecule has 1 fully saturated rings. The Hall–Kier alpha value is -5.29. The maximum absolute atomic E-state index is 12.7. The van der Waals surface area contributed by atoms with Gasteiger partial charge in [-0.15, -0.1) is 0 Å². The van der Waals surface area contributed by atoms with Gasteiger partial charge in [0.2, 0.25) is 11.7 Å². The lowest BCUT2D eigenvalue weighted by atomic mass is 9.84. The summed E-state index contributed by atoms with van der Waals surface area (Å²) in [6, 6.07) is 23.4. The fourth-order valence-electron chi connectivity index (χ4n) is 4.89. The zero-order valence-corrected chi connectivity index (χ0v) is 24.3. The van der Waals surface area contributed by atoms with Gasteiger partial charge >= 0.3 is 11.9 Å². The first-order chi connectivity index (χ1) is 21.2. The van der Waals surface area contributed by atoms with Crippen molar-refractivity contribution in [2.45, 2.75) is 51.2 Å². The fraction of sp³-hybridized carbons (Fsp3) is 0.242. The molecule has 2 aromatic heterocycles. The Morgan fingerprint density at radius 2 is 1.64 bits per heavy atom. The van der Waals surface area contributed by atoms with Gasteiger partial charge in [-0.05, 0) is 54.2 Å². The summed E-state index contributed by atoms with van der Waals surface area (Å²) in [6.07, 6.45) is 2.75. The van der Waals surface area contributed by atoms with Crippen molar-refractivity contribution in [2.75, 3.05) is 0 Å². The van der Waals surface area contributed by atoms with Gasteiger partial charge in [0.05, 0.1) is 16.8 Å². The van der Waals surface area contributed by atoms with Crippen molar-refractivity contribution in [3.63, 3.8) is 0 Å². The van der Waals surface area contributed by atoms with Crippen LogP contribution >= 0.6 is 0 Å². The van der Waals surface area contributed by atoms with E-state index in [2.05, 4.69) is 20.0 Å². The maximum Gasteiger partial charge on any atom is 0.373 e. The number of benzene rings is 3. The van der Waals surface area contributed by atoms with E-state index in [1.165, 1.54) is 0 Å². The Morgan fingerprint density at radius 3 is 2.36 bits per heavy atom. The molecule has 11 heteroatoms. The standard InChI is InChI=1S/C22H16N4O4.C11H14O3/c27-21(14-6-2-1-3-7-14)29-22-18-17(19-24-20(30-25-19)13-10-11-13)23-12-26(18)15-8-4-5-9-16(15)28-22;1-11(2,3)9-7-5-4-6-8(9)10(12)14-13/h1-9,12-13,22H,10-11H2;4-7,13H,1-3H3. The molecule has 1 saturated carbocycles. The second-order valence-electron chi connectivity index (χ2n) is 11.4. The highest BCUT2D eigenvalue weighted by atomic mass is 17.1. The molecule has 11 nitrogen and oxygen atoms in total. The van der Waals surface area contributed by atoms with Crippen LogP contribution in [0.3, 0.4) is 0 Å². The number of aromatic nitrogens is 4. The Bertz CT molecular complexity index is 1800. The molecule has 7 rings (SSSR count). The van der Waals surface area contributed by atoms with E-state index in [4.69, 9.17) is 19.3 Å². The van der Waals surface area contributed by atoms with Crippen LogP contribution in [-0.2, 0) is 15.0 Å². The van der Waals surface area contributed by atoms with Crippen LogP contribution < -0.4 is 4.74 Å². The number of fused-ring (bicyclic) bond motifs is 3. The van der Waals surface area contributed by atoms with Crippen molar-refractivity contribution in [3.8, 4) is 23.0 Å². The number of rotatable bonds is 5. The monoisotopic (exact) mass is 594 g/mol. The van der Waals surface area contributed by atoms with Crippen molar-refractivity contribution < 1.29 is 33.7 Å². The second kappa shape index (κ2) is 11.8. The average molecular weight is 595 g/mol. The lowest BCUT2D eigenvalue weighted by Crippen LogP contribution is -2.24. The molecule has 2 aliphatic rings. The third-order valence-electron chi connectivity index (χ3n) is 7.23. The highest BCUT2D eigenvalue weighted by Gasteiger charge is 2.36. The molecule has 1 N–H and O–H groups in total.